The lowest BCUT2D eigenvalue weighted by atomic mass is 9.88. The van der Waals surface area contributed by atoms with Gasteiger partial charge in [0.25, 0.3) is 0 Å². The van der Waals surface area contributed by atoms with Gasteiger partial charge in [0.2, 0.25) is 0 Å². The SMILES string of the molecule is Cc1ccc2ccccc2c1-c1c(C)ccc2sc3ccccc3c12. The first-order valence-corrected chi connectivity index (χ1v) is 9.45. The van der Waals surface area contributed by atoms with Gasteiger partial charge >= 0.3 is 0 Å². The van der Waals surface area contributed by atoms with Crippen molar-refractivity contribution < 1.29 is 0 Å². The van der Waals surface area contributed by atoms with E-state index in [4.69, 9.17) is 0 Å². The molecule has 5 aromatic rings. The molecule has 25 heavy (non-hydrogen) atoms. The van der Waals surface area contributed by atoms with Gasteiger partial charge in [-0.3, -0.25) is 0 Å². The van der Waals surface area contributed by atoms with Crippen LogP contribution in [-0.2, 0) is 0 Å². The Kier molecular flexibility index (Phi) is 3.19. The lowest BCUT2D eigenvalue weighted by molar-refractivity contribution is 1.45. The molecule has 0 fully saturated rings. The summed E-state index contributed by atoms with van der Waals surface area (Å²) in [5.41, 5.74) is 5.45. The molecule has 0 unspecified atom stereocenters. The summed E-state index contributed by atoms with van der Waals surface area (Å²) >= 11 is 1.89. The summed E-state index contributed by atoms with van der Waals surface area (Å²) in [6, 6.07) is 26.5. The van der Waals surface area contributed by atoms with E-state index in [2.05, 4.69) is 86.6 Å². The second kappa shape index (κ2) is 5.44. The number of hydrogen-bond donors (Lipinski definition) is 0. The smallest absolute Gasteiger partial charge is 0.0361 e. The molecule has 0 bridgehead atoms. The molecule has 1 aromatic heterocycles. The summed E-state index contributed by atoms with van der Waals surface area (Å²) in [6.07, 6.45) is 0. The predicted octanol–water partition coefficient (Wildman–Crippen LogP) is 7.49. The fraction of sp³-hybridized carbons (Fsp3) is 0.0833. The minimum absolute atomic E-state index is 1.30. The predicted molar refractivity (Wildman–Crippen MR) is 112 cm³/mol. The number of fused-ring (bicyclic) bond motifs is 4. The summed E-state index contributed by atoms with van der Waals surface area (Å²) in [4.78, 5) is 0. The Hall–Kier alpha value is -2.64. The van der Waals surface area contributed by atoms with Crippen LogP contribution in [0, 0.1) is 13.8 Å². The van der Waals surface area contributed by atoms with E-state index in [1.54, 1.807) is 0 Å². The Balaban J connectivity index is 2.03. The minimum atomic E-state index is 1.30. The summed E-state index contributed by atoms with van der Waals surface area (Å²) < 4.78 is 2.73. The van der Waals surface area contributed by atoms with Gasteiger partial charge in [-0.05, 0) is 59.0 Å². The van der Waals surface area contributed by atoms with Gasteiger partial charge in [0, 0.05) is 20.2 Å². The lowest BCUT2D eigenvalue weighted by Gasteiger charge is -2.15. The highest BCUT2D eigenvalue weighted by atomic mass is 32.1. The van der Waals surface area contributed by atoms with Crippen molar-refractivity contribution in [2.45, 2.75) is 13.8 Å². The molecule has 0 radical (unpaired) electrons. The van der Waals surface area contributed by atoms with Gasteiger partial charge in [0.05, 0.1) is 0 Å². The first-order chi connectivity index (χ1) is 12.2. The molecule has 5 rings (SSSR count). The maximum Gasteiger partial charge on any atom is 0.0361 e. The fourth-order valence-electron chi connectivity index (χ4n) is 3.96. The molecular weight excluding hydrogens is 320 g/mol. The number of rotatable bonds is 1. The molecule has 0 saturated heterocycles. The van der Waals surface area contributed by atoms with E-state index < -0.39 is 0 Å². The summed E-state index contributed by atoms with van der Waals surface area (Å²) in [7, 11) is 0. The monoisotopic (exact) mass is 338 g/mol. The summed E-state index contributed by atoms with van der Waals surface area (Å²) in [5.74, 6) is 0. The van der Waals surface area contributed by atoms with Crippen LogP contribution in [-0.4, -0.2) is 0 Å². The van der Waals surface area contributed by atoms with Crippen LogP contribution in [0.4, 0.5) is 0 Å². The Morgan fingerprint density at radius 3 is 2.12 bits per heavy atom. The third-order valence-electron chi connectivity index (χ3n) is 5.14. The molecule has 1 heterocycles. The van der Waals surface area contributed by atoms with Gasteiger partial charge in [0.15, 0.2) is 0 Å². The molecule has 0 amide bonds. The maximum absolute atomic E-state index is 2.28. The number of hydrogen-bond acceptors (Lipinski definition) is 1. The van der Waals surface area contributed by atoms with Crippen molar-refractivity contribution in [3.63, 3.8) is 0 Å². The molecule has 120 valence electrons. The van der Waals surface area contributed by atoms with E-state index in [0.717, 1.165) is 0 Å². The first-order valence-electron chi connectivity index (χ1n) is 8.63. The van der Waals surface area contributed by atoms with Crippen molar-refractivity contribution >= 4 is 42.3 Å². The van der Waals surface area contributed by atoms with E-state index in [1.807, 2.05) is 11.3 Å². The van der Waals surface area contributed by atoms with Crippen molar-refractivity contribution in [2.75, 3.05) is 0 Å². The van der Waals surface area contributed by atoms with Crippen molar-refractivity contribution in [1.82, 2.24) is 0 Å². The van der Waals surface area contributed by atoms with Crippen LogP contribution in [0.1, 0.15) is 11.1 Å². The zero-order chi connectivity index (χ0) is 17.0. The molecule has 0 atom stereocenters. The summed E-state index contributed by atoms with van der Waals surface area (Å²) in [5, 5.41) is 5.42. The molecule has 4 aromatic carbocycles. The Bertz CT molecular complexity index is 1260. The van der Waals surface area contributed by atoms with Gasteiger partial charge in [-0.15, -0.1) is 11.3 Å². The Morgan fingerprint density at radius 2 is 1.24 bits per heavy atom. The normalized spacial score (nSPS) is 11.6. The highest BCUT2D eigenvalue weighted by molar-refractivity contribution is 7.25. The van der Waals surface area contributed by atoms with Crippen LogP contribution in [0.15, 0.2) is 72.8 Å². The largest absolute Gasteiger partial charge is 0.135 e. The molecule has 0 aliphatic rings. The molecule has 0 nitrogen and oxygen atoms in total. The van der Waals surface area contributed by atoms with Gasteiger partial charge in [-0.1, -0.05) is 60.7 Å². The van der Waals surface area contributed by atoms with Crippen LogP contribution >= 0.6 is 11.3 Å². The third kappa shape index (κ3) is 2.13. The van der Waals surface area contributed by atoms with Crippen LogP contribution in [0.3, 0.4) is 0 Å². The van der Waals surface area contributed by atoms with Gasteiger partial charge < -0.3 is 0 Å². The Labute approximate surface area is 151 Å². The van der Waals surface area contributed by atoms with E-state index >= 15 is 0 Å². The quantitative estimate of drug-likeness (QED) is 0.297. The fourth-order valence-corrected chi connectivity index (χ4v) is 5.07. The van der Waals surface area contributed by atoms with E-state index in [0.29, 0.717) is 0 Å². The standard InChI is InChI=1S/C24H18S/c1-15-11-13-17-7-3-4-8-18(17)22(15)23-16(2)12-14-21-24(23)19-9-5-6-10-20(19)25-21/h3-14H,1-2H3. The van der Waals surface area contributed by atoms with E-state index in [-0.39, 0.29) is 0 Å². The molecule has 0 spiro atoms. The summed E-state index contributed by atoms with van der Waals surface area (Å²) in [6.45, 7) is 4.47. The topological polar surface area (TPSA) is 0 Å². The molecule has 0 N–H and O–H groups in total. The maximum atomic E-state index is 2.28. The lowest BCUT2D eigenvalue weighted by Crippen LogP contribution is -1.90. The van der Waals surface area contributed by atoms with E-state index in [9.17, 15) is 0 Å². The zero-order valence-corrected chi connectivity index (χ0v) is 15.2. The van der Waals surface area contributed by atoms with Crippen LogP contribution in [0.2, 0.25) is 0 Å². The second-order valence-electron chi connectivity index (χ2n) is 6.71. The number of benzene rings is 4. The minimum Gasteiger partial charge on any atom is -0.135 e. The molecule has 0 aliphatic heterocycles. The van der Waals surface area contributed by atoms with E-state index in [1.165, 1.54) is 53.2 Å². The van der Waals surface area contributed by atoms with Crippen molar-refractivity contribution in [1.29, 1.82) is 0 Å². The Morgan fingerprint density at radius 1 is 0.560 bits per heavy atom. The molecule has 1 heteroatoms. The number of thiophene rings is 1. The van der Waals surface area contributed by atoms with Crippen molar-refractivity contribution in [3.05, 3.63) is 83.9 Å². The molecular formula is C24H18S. The average molecular weight is 338 g/mol. The van der Waals surface area contributed by atoms with Crippen molar-refractivity contribution in [3.8, 4) is 11.1 Å². The highest BCUT2D eigenvalue weighted by Crippen LogP contribution is 2.44. The number of aryl methyl sites for hydroxylation is 2. The van der Waals surface area contributed by atoms with Gasteiger partial charge in [-0.2, -0.15) is 0 Å². The average Bonchev–Trinajstić information content (AvgIpc) is 3.01. The van der Waals surface area contributed by atoms with Gasteiger partial charge in [0.1, 0.15) is 0 Å². The van der Waals surface area contributed by atoms with Crippen molar-refractivity contribution in [2.24, 2.45) is 0 Å². The zero-order valence-electron chi connectivity index (χ0n) is 14.3. The second-order valence-corrected chi connectivity index (χ2v) is 7.79. The molecule has 0 saturated carbocycles. The van der Waals surface area contributed by atoms with Crippen LogP contribution < -0.4 is 0 Å². The van der Waals surface area contributed by atoms with Gasteiger partial charge in [-0.25, -0.2) is 0 Å². The van der Waals surface area contributed by atoms with Crippen LogP contribution in [0.5, 0.6) is 0 Å². The first kappa shape index (κ1) is 14.7. The third-order valence-corrected chi connectivity index (χ3v) is 6.28. The van der Waals surface area contributed by atoms with Crippen LogP contribution in [0.25, 0.3) is 42.1 Å². The highest BCUT2D eigenvalue weighted by Gasteiger charge is 2.16. The molecule has 0 aliphatic carbocycles.